The van der Waals surface area contributed by atoms with Gasteiger partial charge in [-0.1, -0.05) is 35.5 Å². The van der Waals surface area contributed by atoms with Crippen molar-refractivity contribution in [1.29, 1.82) is 0 Å². The van der Waals surface area contributed by atoms with Crippen molar-refractivity contribution < 1.29 is 23.6 Å². The molecule has 0 saturated carbocycles. The van der Waals surface area contributed by atoms with Crippen LogP contribution >= 0.6 is 0 Å². The molecule has 5 nitrogen and oxygen atoms in total. The van der Waals surface area contributed by atoms with Crippen molar-refractivity contribution >= 4 is 5.97 Å². The Hall–Kier alpha value is -3.15. The first kappa shape index (κ1) is 16.7. The number of benzene rings is 2. The van der Waals surface area contributed by atoms with Gasteiger partial charge in [-0.05, 0) is 23.8 Å². The summed E-state index contributed by atoms with van der Waals surface area (Å²) in [7, 11) is 1.40. The molecule has 1 heterocycles. The quantitative estimate of drug-likeness (QED) is 0.728. The third kappa shape index (κ3) is 3.52. The smallest absolute Gasteiger partial charge is 0.303 e. The first-order valence-electron chi connectivity index (χ1n) is 7.70. The van der Waals surface area contributed by atoms with Crippen LogP contribution in [0.15, 0.2) is 53.1 Å². The Balaban J connectivity index is 2.10. The minimum Gasteiger partial charge on any atom is -0.494 e. The lowest BCUT2D eigenvalue weighted by Gasteiger charge is -2.06. The van der Waals surface area contributed by atoms with E-state index >= 15 is 0 Å². The SMILES string of the molecule is COc1ccc(-c2noc(CCC(=O)O)c2-c2ccccc2)cc1F. The maximum Gasteiger partial charge on any atom is 0.303 e. The van der Waals surface area contributed by atoms with Crippen molar-refractivity contribution in [3.8, 4) is 28.1 Å². The molecule has 0 amide bonds. The Bertz CT molecular complexity index is 890. The fourth-order valence-corrected chi connectivity index (χ4v) is 2.63. The molecule has 128 valence electrons. The van der Waals surface area contributed by atoms with Crippen LogP contribution < -0.4 is 4.74 Å². The Kier molecular flexibility index (Phi) is 4.79. The van der Waals surface area contributed by atoms with Crippen LogP contribution in [-0.4, -0.2) is 23.3 Å². The van der Waals surface area contributed by atoms with Crippen molar-refractivity contribution in [1.82, 2.24) is 5.16 Å². The topological polar surface area (TPSA) is 72.6 Å². The molecule has 0 aliphatic rings. The summed E-state index contributed by atoms with van der Waals surface area (Å²) in [5, 5.41) is 13.0. The van der Waals surface area contributed by atoms with Gasteiger partial charge < -0.3 is 14.4 Å². The zero-order valence-electron chi connectivity index (χ0n) is 13.5. The fraction of sp³-hybridized carbons (Fsp3) is 0.158. The number of nitrogens with zero attached hydrogens (tertiary/aromatic N) is 1. The molecule has 0 unspecified atom stereocenters. The van der Waals surface area contributed by atoms with Gasteiger partial charge in [0.2, 0.25) is 0 Å². The number of hydrogen-bond donors (Lipinski definition) is 1. The number of aromatic nitrogens is 1. The number of halogens is 1. The summed E-state index contributed by atoms with van der Waals surface area (Å²) in [5.41, 5.74) is 2.50. The van der Waals surface area contributed by atoms with Gasteiger partial charge in [0.05, 0.1) is 19.1 Å². The summed E-state index contributed by atoms with van der Waals surface area (Å²) in [6.45, 7) is 0. The molecular weight excluding hydrogens is 325 g/mol. The van der Waals surface area contributed by atoms with E-state index in [1.807, 2.05) is 30.3 Å². The number of carboxylic acids is 1. The van der Waals surface area contributed by atoms with Crippen LogP contribution in [0.2, 0.25) is 0 Å². The van der Waals surface area contributed by atoms with Gasteiger partial charge >= 0.3 is 5.97 Å². The van der Waals surface area contributed by atoms with E-state index in [0.29, 0.717) is 22.6 Å². The zero-order valence-corrected chi connectivity index (χ0v) is 13.5. The first-order valence-corrected chi connectivity index (χ1v) is 7.70. The van der Waals surface area contributed by atoms with Crippen molar-refractivity contribution in [3.63, 3.8) is 0 Å². The second kappa shape index (κ2) is 7.17. The predicted molar refractivity (Wildman–Crippen MR) is 89.8 cm³/mol. The third-order valence-electron chi connectivity index (χ3n) is 3.82. The molecule has 25 heavy (non-hydrogen) atoms. The molecule has 0 spiro atoms. The Morgan fingerprint density at radius 2 is 1.96 bits per heavy atom. The van der Waals surface area contributed by atoms with Crippen LogP contribution in [0.4, 0.5) is 4.39 Å². The van der Waals surface area contributed by atoms with Crippen LogP contribution in [0.3, 0.4) is 0 Å². The molecule has 6 heteroatoms. The molecule has 1 aromatic heterocycles. The average Bonchev–Trinajstić information content (AvgIpc) is 3.04. The number of hydrogen-bond acceptors (Lipinski definition) is 4. The lowest BCUT2D eigenvalue weighted by Crippen LogP contribution is -1.98. The summed E-state index contributed by atoms with van der Waals surface area (Å²) < 4.78 is 24.4. The Morgan fingerprint density at radius 3 is 2.60 bits per heavy atom. The van der Waals surface area contributed by atoms with Gasteiger partial charge in [-0.25, -0.2) is 4.39 Å². The maximum atomic E-state index is 14.1. The maximum absolute atomic E-state index is 14.1. The minimum absolute atomic E-state index is 0.0779. The van der Waals surface area contributed by atoms with Gasteiger partial charge in [-0.2, -0.15) is 0 Å². The number of carbonyl (C=O) groups is 1. The average molecular weight is 341 g/mol. The van der Waals surface area contributed by atoms with Crippen molar-refractivity contribution in [2.45, 2.75) is 12.8 Å². The first-order chi connectivity index (χ1) is 12.1. The number of carboxylic acid groups (broad SMARTS) is 1. The second-order valence-corrected chi connectivity index (χ2v) is 5.44. The van der Waals surface area contributed by atoms with Crippen LogP contribution in [-0.2, 0) is 11.2 Å². The molecule has 0 aliphatic heterocycles. The van der Waals surface area contributed by atoms with Crippen LogP contribution in [0.25, 0.3) is 22.4 Å². The highest BCUT2D eigenvalue weighted by molar-refractivity contribution is 5.82. The highest BCUT2D eigenvalue weighted by Crippen LogP contribution is 2.36. The van der Waals surface area contributed by atoms with E-state index in [1.54, 1.807) is 6.07 Å². The van der Waals surface area contributed by atoms with E-state index < -0.39 is 11.8 Å². The number of rotatable bonds is 6. The number of ether oxygens (including phenoxy) is 1. The van der Waals surface area contributed by atoms with E-state index in [9.17, 15) is 9.18 Å². The van der Waals surface area contributed by atoms with Crippen molar-refractivity contribution in [3.05, 3.63) is 60.1 Å². The largest absolute Gasteiger partial charge is 0.494 e. The van der Waals surface area contributed by atoms with E-state index in [1.165, 1.54) is 19.2 Å². The van der Waals surface area contributed by atoms with Crippen LogP contribution in [0.1, 0.15) is 12.2 Å². The highest BCUT2D eigenvalue weighted by atomic mass is 19.1. The fourth-order valence-electron chi connectivity index (χ4n) is 2.63. The molecule has 0 aliphatic carbocycles. The van der Waals surface area contributed by atoms with Crippen molar-refractivity contribution in [2.24, 2.45) is 0 Å². The van der Waals surface area contributed by atoms with E-state index in [-0.39, 0.29) is 18.6 Å². The molecule has 0 saturated heterocycles. The summed E-state index contributed by atoms with van der Waals surface area (Å²) in [4.78, 5) is 10.9. The highest BCUT2D eigenvalue weighted by Gasteiger charge is 2.20. The number of aryl methyl sites for hydroxylation is 1. The van der Waals surface area contributed by atoms with Gasteiger partial charge in [0.1, 0.15) is 11.5 Å². The van der Waals surface area contributed by atoms with Gasteiger partial charge in [-0.15, -0.1) is 0 Å². The lowest BCUT2D eigenvalue weighted by atomic mass is 9.97. The monoisotopic (exact) mass is 341 g/mol. The lowest BCUT2D eigenvalue weighted by molar-refractivity contribution is -0.137. The van der Waals surface area contributed by atoms with Gasteiger partial charge in [0, 0.05) is 12.0 Å². The third-order valence-corrected chi connectivity index (χ3v) is 3.82. The molecule has 0 radical (unpaired) electrons. The summed E-state index contributed by atoms with van der Waals surface area (Å²) in [5.74, 6) is -0.832. The second-order valence-electron chi connectivity index (χ2n) is 5.44. The summed E-state index contributed by atoms with van der Waals surface area (Å²) in [6.07, 6.45) is 0.122. The van der Waals surface area contributed by atoms with Gasteiger partial charge in [-0.3, -0.25) is 4.79 Å². The minimum atomic E-state index is -0.924. The summed E-state index contributed by atoms with van der Waals surface area (Å²) >= 11 is 0. The van der Waals surface area contributed by atoms with Gasteiger partial charge in [0.15, 0.2) is 11.6 Å². The molecule has 3 rings (SSSR count). The Labute approximate surface area is 143 Å². The predicted octanol–water partition coefficient (Wildman–Crippen LogP) is 4.17. The molecule has 1 N–H and O–H groups in total. The van der Waals surface area contributed by atoms with Crippen LogP contribution in [0, 0.1) is 5.82 Å². The van der Waals surface area contributed by atoms with E-state index in [4.69, 9.17) is 14.4 Å². The molecular formula is C19H16FNO4. The van der Waals surface area contributed by atoms with Crippen LogP contribution in [0.5, 0.6) is 5.75 Å². The number of methoxy groups -OCH3 is 1. The zero-order chi connectivity index (χ0) is 17.8. The normalized spacial score (nSPS) is 10.6. The molecule has 0 bridgehead atoms. The Morgan fingerprint density at radius 1 is 1.20 bits per heavy atom. The summed E-state index contributed by atoms with van der Waals surface area (Å²) in [6, 6.07) is 13.9. The van der Waals surface area contributed by atoms with Crippen molar-refractivity contribution in [2.75, 3.05) is 7.11 Å². The standard InChI is InChI=1S/C19H16FNO4/c1-24-15-8-7-13(11-14(15)20)19-18(12-5-3-2-4-6-12)16(25-21-19)9-10-17(22)23/h2-8,11H,9-10H2,1H3,(H,22,23). The molecule has 3 aromatic rings. The molecule has 2 aromatic carbocycles. The molecule has 0 fully saturated rings. The van der Waals surface area contributed by atoms with E-state index in [2.05, 4.69) is 5.16 Å². The van der Waals surface area contributed by atoms with Gasteiger partial charge in [0.25, 0.3) is 0 Å². The number of aliphatic carboxylic acids is 1. The van der Waals surface area contributed by atoms with E-state index in [0.717, 1.165) is 5.56 Å². The molecule has 0 atom stereocenters.